The number of amides is 1. The van der Waals surface area contributed by atoms with Crippen LogP contribution < -0.4 is 9.62 Å². The third kappa shape index (κ3) is 3.05. The predicted molar refractivity (Wildman–Crippen MR) is 82.0 cm³/mol. The lowest BCUT2D eigenvalue weighted by atomic mass is 10.1. The molecule has 114 valence electrons. The average Bonchev–Trinajstić information content (AvgIpc) is 3.23. The standard InChI is InChI=1S/C15H20N2O3S/c1-11-4-5-12(15(18)16-13-6-7-13)10-14(11)17-8-2-3-9-21(17,19)20/h4-5,10,13H,2-3,6-9H2,1H3,(H,16,18). The van der Waals surface area contributed by atoms with Gasteiger partial charge in [-0.1, -0.05) is 6.07 Å². The van der Waals surface area contributed by atoms with E-state index in [4.69, 9.17) is 0 Å². The summed E-state index contributed by atoms with van der Waals surface area (Å²) in [6.45, 7) is 2.37. The lowest BCUT2D eigenvalue weighted by Crippen LogP contribution is -2.38. The molecule has 1 aromatic carbocycles. The van der Waals surface area contributed by atoms with Crippen LogP contribution in [0.25, 0.3) is 0 Å². The van der Waals surface area contributed by atoms with Gasteiger partial charge in [0.2, 0.25) is 10.0 Å². The molecule has 1 aliphatic heterocycles. The van der Waals surface area contributed by atoms with Crippen molar-refractivity contribution in [3.63, 3.8) is 0 Å². The molecule has 0 spiro atoms. The van der Waals surface area contributed by atoms with E-state index in [-0.39, 0.29) is 11.7 Å². The summed E-state index contributed by atoms with van der Waals surface area (Å²) in [5.74, 6) is 0.0680. The van der Waals surface area contributed by atoms with Gasteiger partial charge in [0.25, 0.3) is 5.91 Å². The van der Waals surface area contributed by atoms with E-state index in [1.165, 1.54) is 4.31 Å². The first kappa shape index (κ1) is 14.4. The molecule has 1 amide bonds. The quantitative estimate of drug-likeness (QED) is 0.926. The van der Waals surface area contributed by atoms with E-state index >= 15 is 0 Å². The van der Waals surface area contributed by atoms with Crippen molar-refractivity contribution < 1.29 is 13.2 Å². The molecule has 1 saturated heterocycles. The first-order valence-electron chi connectivity index (χ1n) is 7.39. The molecule has 0 atom stereocenters. The highest BCUT2D eigenvalue weighted by Crippen LogP contribution is 2.28. The number of hydrogen-bond donors (Lipinski definition) is 1. The summed E-state index contributed by atoms with van der Waals surface area (Å²) in [7, 11) is -3.25. The average molecular weight is 308 g/mol. The fourth-order valence-corrected chi connectivity index (χ4v) is 4.27. The number of nitrogens with zero attached hydrogens (tertiary/aromatic N) is 1. The highest BCUT2D eigenvalue weighted by atomic mass is 32.2. The zero-order valence-corrected chi connectivity index (χ0v) is 12.9. The van der Waals surface area contributed by atoms with Crippen LogP contribution in [0.3, 0.4) is 0 Å². The van der Waals surface area contributed by atoms with Crippen molar-refractivity contribution in [3.05, 3.63) is 29.3 Å². The Bertz CT molecular complexity index is 665. The van der Waals surface area contributed by atoms with Crippen molar-refractivity contribution in [2.24, 2.45) is 0 Å². The molecule has 3 rings (SSSR count). The topological polar surface area (TPSA) is 66.5 Å². The molecule has 2 fully saturated rings. The number of carbonyl (C=O) groups excluding carboxylic acids is 1. The minimum absolute atomic E-state index is 0.117. The molecule has 0 aromatic heterocycles. The zero-order valence-electron chi connectivity index (χ0n) is 12.1. The van der Waals surface area contributed by atoms with E-state index in [1.54, 1.807) is 12.1 Å². The number of carbonyl (C=O) groups is 1. The Morgan fingerprint density at radius 2 is 2.05 bits per heavy atom. The van der Waals surface area contributed by atoms with Crippen molar-refractivity contribution in [3.8, 4) is 0 Å². The lowest BCUT2D eigenvalue weighted by molar-refractivity contribution is 0.0951. The maximum atomic E-state index is 12.2. The van der Waals surface area contributed by atoms with Crippen molar-refractivity contribution in [1.82, 2.24) is 5.32 Å². The van der Waals surface area contributed by atoms with Gasteiger partial charge in [-0.05, 0) is 50.3 Å². The van der Waals surface area contributed by atoms with Gasteiger partial charge in [0, 0.05) is 18.2 Å². The van der Waals surface area contributed by atoms with E-state index in [9.17, 15) is 13.2 Å². The summed E-state index contributed by atoms with van der Waals surface area (Å²) in [4.78, 5) is 12.1. The van der Waals surface area contributed by atoms with Crippen LogP contribution in [0, 0.1) is 6.92 Å². The largest absolute Gasteiger partial charge is 0.349 e. The van der Waals surface area contributed by atoms with Crippen LogP contribution in [-0.4, -0.2) is 32.7 Å². The smallest absolute Gasteiger partial charge is 0.251 e. The summed E-state index contributed by atoms with van der Waals surface area (Å²) in [5, 5.41) is 2.93. The lowest BCUT2D eigenvalue weighted by Gasteiger charge is -2.29. The first-order valence-corrected chi connectivity index (χ1v) is 9.00. The van der Waals surface area contributed by atoms with Crippen LogP contribution in [0.2, 0.25) is 0 Å². The predicted octanol–water partition coefficient (Wildman–Crippen LogP) is 1.82. The van der Waals surface area contributed by atoms with Crippen molar-refractivity contribution in [2.75, 3.05) is 16.6 Å². The summed E-state index contributed by atoms with van der Waals surface area (Å²) in [6.07, 6.45) is 3.63. The fraction of sp³-hybridized carbons (Fsp3) is 0.533. The highest BCUT2D eigenvalue weighted by molar-refractivity contribution is 7.92. The fourth-order valence-electron chi connectivity index (χ4n) is 2.58. The number of nitrogens with one attached hydrogen (secondary N) is 1. The minimum atomic E-state index is -3.25. The Kier molecular flexibility index (Phi) is 3.65. The molecular formula is C15H20N2O3S. The molecule has 0 bridgehead atoms. The Hall–Kier alpha value is -1.56. The molecule has 1 heterocycles. The molecule has 1 aromatic rings. The summed E-state index contributed by atoms with van der Waals surface area (Å²) in [5.41, 5.74) is 2.05. The summed E-state index contributed by atoms with van der Waals surface area (Å²) in [6, 6.07) is 5.57. The van der Waals surface area contributed by atoms with E-state index in [2.05, 4.69) is 5.32 Å². The van der Waals surface area contributed by atoms with Gasteiger partial charge in [0.05, 0.1) is 11.4 Å². The van der Waals surface area contributed by atoms with Gasteiger partial charge in [0.15, 0.2) is 0 Å². The number of benzene rings is 1. The van der Waals surface area contributed by atoms with Crippen LogP contribution in [0.15, 0.2) is 18.2 Å². The maximum absolute atomic E-state index is 12.2. The second-order valence-corrected chi connectivity index (χ2v) is 7.86. The Morgan fingerprint density at radius 3 is 2.71 bits per heavy atom. The minimum Gasteiger partial charge on any atom is -0.349 e. The van der Waals surface area contributed by atoms with E-state index in [1.807, 2.05) is 13.0 Å². The number of sulfonamides is 1. The van der Waals surface area contributed by atoms with Crippen LogP contribution in [0.4, 0.5) is 5.69 Å². The van der Waals surface area contributed by atoms with E-state index < -0.39 is 10.0 Å². The van der Waals surface area contributed by atoms with Gasteiger partial charge in [-0.2, -0.15) is 0 Å². The molecule has 21 heavy (non-hydrogen) atoms. The van der Waals surface area contributed by atoms with Crippen molar-refractivity contribution >= 4 is 21.6 Å². The van der Waals surface area contributed by atoms with Crippen LogP contribution in [-0.2, 0) is 10.0 Å². The van der Waals surface area contributed by atoms with Gasteiger partial charge in [-0.25, -0.2) is 8.42 Å². The monoisotopic (exact) mass is 308 g/mol. The molecular weight excluding hydrogens is 288 g/mol. The second-order valence-electron chi connectivity index (χ2n) is 5.84. The number of aryl methyl sites for hydroxylation is 1. The zero-order chi connectivity index (χ0) is 15.0. The third-order valence-electron chi connectivity index (χ3n) is 4.00. The van der Waals surface area contributed by atoms with Gasteiger partial charge < -0.3 is 5.32 Å². The van der Waals surface area contributed by atoms with Gasteiger partial charge >= 0.3 is 0 Å². The van der Waals surface area contributed by atoms with Crippen LogP contribution >= 0.6 is 0 Å². The SMILES string of the molecule is Cc1ccc(C(=O)NC2CC2)cc1N1CCCCS1(=O)=O. The molecule has 2 aliphatic rings. The molecule has 1 aliphatic carbocycles. The van der Waals surface area contributed by atoms with Gasteiger partial charge in [-0.3, -0.25) is 9.10 Å². The van der Waals surface area contributed by atoms with Crippen LogP contribution in [0.1, 0.15) is 41.6 Å². The molecule has 5 nitrogen and oxygen atoms in total. The summed E-state index contributed by atoms with van der Waals surface area (Å²) >= 11 is 0. The van der Waals surface area contributed by atoms with Gasteiger partial charge in [0.1, 0.15) is 0 Å². The molecule has 6 heteroatoms. The Balaban J connectivity index is 1.91. The second kappa shape index (κ2) is 5.33. The first-order chi connectivity index (χ1) is 9.97. The van der Waals surface area contributed by atoms with Crippen molar-refractivity contribution in [2.45, 2.75) is 38.6 Å². The number of anilines is 1. The third-order valence-corrected chi connectivity index (χ3v) is 5.86. The molecule has 1 N–H and O–H groups in total. The maximum Gasteiger partial charge on any atom is 0.251 e. The molecule has 0 radical (unpaired) electrons. The van der Waals surface area contributed by atoms with E-state index in [0.717, 1.165) is 24.8 Å². The van der Waals surface area contributed by atoms with E-state index in [0.29, 0.717) is 30.3 Å². The normalized spacial score (nSPS) is 21.1. The Labute approximate surface area is 125 Å². The molecule has 1 saturated carbocycles. The summed E-state index contributed by atoms with van der Waals surface area (Å²) < 4.78 is 25.9. The van der Waals surface area contributed by atoms with Crippen molar-refractivity contribution in [1.29, 1.82) is 0 Å². The molecule has 0 unspecified atom stereocenters. The van der Waals surface area contributed by atoms with Gasteiger partial charge in [-0.15, -0.1) is 0 Å². The Morgan fingerprint density at radius 1 is 1.29 bits per heavy atom. The van der Waals surface area contributed by atoms with Crippen LogP contribution in [0.5, 0.6) is 0 Å². The number of hydrogen-bond acceptors (Lipinski definition) is 3. The highest BCUT2D eigenvalue weighted by Gasteiger charge is 2.28. The number of rotatable bonds is 3.